The Hall–Kier alpha value is -1.34. The summed E-state index contributed by atoms with van der Waals surface area (Å²) >= 11 is 0. The fourth-order valence-corrected chi connectivity index (χ4v) is 1.00. The van der Waals surface area contributed by atoms with E-state index in [9.17, 15) is 4.79 Å². The zero-order chi connectivity index (χ0) is 12.4. The zero-order valence-corrected chi connectivity index (χ0v) is 9.39. The summed E-state index contributed by atoms with van der Waals surface area (Å²) in [6.07, 6.45) is 1.79. The highest BCUT2D eigenvalue weighted by molar-refractivity contribution is 5.76. The number of nitrogens with zero attached hydrogens (tertiary/aromatic N) is 1. The van der Waals surface area contributed by atoms with Gasteiger partial charge in [-0.05, 0) is 25.8 Å². The molecule has 0 saturated carbocycles. The van der Waals surface area contributed by atoms with Crippen molar-refractivity contribution in [1.82, 2.24) is 0 Å². The molecule has 0 heterocycles. The first-order chi connectivity index (χ1) is 7.57. The van der Waals surface area contributed by atoms with Crippen LogP contribution in [0.2, 0.25) is 0 Å². The van der Waals surface area contributed by atoms with Crippen molar-refractivity contribution in [2.45, 2.75) is 25.3 Å². The summed E-state index contributed by atoms with van der Waals surface area (Å²) < 4.78 is 4.89. The Kier molecular flexibility index (Phi) is 8.18. The van der Waals surface area contributed by atoms with Crippen LogP contribution in [0.4, 0.5) is 0 Å². The van der Waals surface area contributed by atoms with Crippen LogP contribution in [0.3, 0.4) is 0 Å². The van der Waals surface area contributed by atoms with Gasteiger partial charge < -0.3 is 27.7 Å². The third-order valence-corrected chi connectivity index (χ3v) is 1.86. The first-order valence-corrected chi connectivity index (χ1v) is 5.25. The lowest BCUT2D eigenvalue weighted by atomic mass is 10.2. The van der Waals surface area contributed by atoms with E-state index in [4.69, 9.17) is 27.7 Å². The summed E-state index contributed by atoms with van der Waals surface area (Å²) in [7, 11) is 0. The molecule has 7 heteroatoms. The highest BCUT2D eigenvalue weighted by atomic mass is 16.5. The van der Waals surface area contributed by atoms with Crippen molar-refractivity contribution in [3.8, 4) is 0 Å². The van der Waals surface area contributed by atoms with Gasteiger partial charge in [0.25, 0.3) is 0 Å². The van der Waals surface area contributed by atoms with Crippen molar-refractivity contribution < 1.29 is 9.53 Å². The largest absolute Gasteiger partial charge is 0.464 e. The molecule has 0 fully saturated rings. The van der Waals surface area contributed by atoms with Crippen LogP contribution in [0.1, 0.15) is 19.3 Å². The maximum Gasteiger partial charge on any atom is 0.322 e. The lowest BCUT2D eigenvalue weighted by molar-refractivity contribution is -0.145. The van der Waals surface area contributed by atoms with Crippen molar-refractivity contribution in [3.05, 3.63) is 0 Å². The number of rotatable bonds is 8. The lowest BCUT2D eigenvalue weighted by Gasteiger charge is -2.10. The van der Waals surface area contributed by atoms with Gasteiger partial charge in [0.15, 0.2) is 5.96 Å². The maximum absolute atomic E-state index is 11.3. The predicted octanol–water partition coefficient (Wildman–Crippen LogP) is -1.74. The van der Waals surface area contributed by atoms with Gasteiger partial charge in [0.1, 0.15) is 6.04 Å². The van der Waals surface area contributed by atoms with Crippen LogP contribution in [0.5, 0.6) is 0 Å². The van der Waals surface area contributed by atoms with E-state index in [1.165, 1.54) is 0 Å². The van der Waals surface area contributed by atoms with Gasteiger partial charge in [-0.1, -0.05) is 0 Å². The third-order valence-electron chi connectivity index (χ3n) is 1.86. The Morgan fingerprint density at radius 3 is 2.56 bits per heavy atom. The van der Waals surface area contributed by atoms with Gasteiger partial charge >= 0.3 is 5.97 Å². The first-order valence-electron chi connectivity index (χ1n) is 5.25. The highest BCUT2D eigenvalue weighted by Crippen LogP contribution is 1.98. The number of aliphatic imine (C=N–C) groups is 1. The van der Waals surface area contributed by atoms with E-state index in [0.717, 1.165) is 0 Å². The molecule has 8 N–H and O–H groups in total. The van der Waals surface area contributed by atoms with E-state index >= 15 is 0 Å². The first kappa shape index (κ1) is 14.7. The van der Waals surface area contributed by atoms with E-state index < -0.39 is 12.0 Å². The average Bonchev–Trinajstić information content (AvgIpc) is 2.24. The molecule has 7 nitrogen and oxygen atoms in total. The SMILES string of the molecule is NCCCOC(=O)[C@@H](N)CCCN=C(N)N. The lowest BCUT2D eigenvalue weighted by Crippen LogP contribution is -2.33. The van der Waals surface area contributed by atoms with Crippen LogP contribution in [0, 0.1) is 0 Å². The Bertz CT molecular complexity index is 228. The van der Waals surface area contributed by atoms with Gasteiger partial charge in [-0.2, -0.15) is 0 Å². The number of guanidine groups is 1. The van der Waals surface area contributed by atoms with Crippen LogP contribution in [-0.2, 0) is 9.53 Å². The molecule has 1 atom stereocenters. The second-order valence-corrected chi connectivity index (χ2v) is 3.37. The number of hydrogen-bond acceptors (Lipinski definition) is 5. The minimum absolute atomic E-state index is 0.0408. The highest BCUT2D eigenvalue weighted by Gasteiger charge is 2.13. The van der Waals surface area contributed by atoms with Crippen molar-refractivity contribution in [1.29, 1.82) is 0 Å². The van der Waals surface area contributed by atoms with Crippen LogP contribution in [0.25, 0.3) is 0 Å². The van der Waals surface area contributed by atoms with Gasteiger partial charge in [-0.15, -0.1) is 0 Å². The Balaban J connectivity index is 3.59. The quantitative estimate of drug-likeness (QED) is 0.169. The molecular weight excluding hydrogens is 210 g/mol. The standard InChI is InChI=1S/C9H21N5O2/c10-4-2-6-16-8(15)7(11)3-1-5-14-9(12)13/h7H,1-6,10-11H2,(H4,12,13,14)/t7-/m0/s1. The van der Waals surface area contributed by atoms with Gasteiger partial charge in [0.2, 0.25) is 0 Å². The number of esters is 1. The molecule has 0 saturated heterocycles. The minimum Gasteiger partial charge on any atom is -0.464 e. The van der Waals surface area contributed by atoms with E-state index in [1.54, 1.807) is 0 Å². The molecule has 0 unspecified atom stereocenters. The van der Waals surface area contributed by atoms with Crippen molar-refractivity contribution >= 4 is 11.9 Å². The second kappa shape index (κ2) is 8.93. The van der Waals surface area contributed by atoms with Crippen LogP contribution < -0.4 is 22.9 Å². The minimum atomic E-state index is -0.619. The smallest absolute Gasteiger partial charge is 0.322 e. The van der Waals surface area contributed by atoms with Crippen molar-refractivity contribution in [2.75, 3.05) is 19.7 Å². The van der Waals surface area contributed by atoms with Gasteiger partial charge in [-0.25, -0.2) is 0 Å². The summed E-state index contributed by atoms with van der Waals surface area (Å²) in [6, 6.07) is -0.619. The number of ether oxygens (including phenoxy) is 1. The number of carbonyl (C=O) groups excluding carboxylic acids is 1. The molecule has 0 aromatic carbocycles. The van der Waals surface area contributed by atoms with Gasteiger partial charge in [0.05, 0.1) is 6.61 Å². The maximum atomic E-state index is 11.3. The number of hydrogen-bond donors (Lipinski definition) is 4. The number of carbonyl (C=O) groups is 1. The molecule has 0 spiro atoms. The number of nitrogens with two attached hydrogens (primary N) is 4. The average molecular weight is 231 g/mol. The monoisotopic (exact) mass is 231 g/mol. The molecule has 94 valence electrons. The fourth-order valence-electron chi connectivity index (χ4n) is 1.00. The topological polar surface area (TPSA) is 143 Å². The molecular formula is C9H21N5O2. The van der Waals surface area contributed by atoms with E-state index in [-0.39, 0.29) is 5.96 Å². The second-order valence-electron chi connectivity index (χ2n) is 3.37. The van der Waals surface area contributed by atoms with Crippen LogP contribution in [-0.4, -0.2) is 37.7 Å². The predicted molar refractivity (Wildman–Crippen MR) is 62.5 cm³/mol. The molecule has 0 rings (SSSR count). The fraction of sp³-hybridized carbons (Fsp3) is 0.778. The summed E-state index contributed by atoms with van der Waals surface area (Å²) in [5, 5.41) is 0. The molecule has 0 aromatic heterocycles. The van der Waals surface area contributed by atoms with Crippen molar-refractivity contribution in [2.24, 2.45) is 27.9 Å². The van der Waals surface area contributed by atoms with E-state index in [2.05, 4.69) is 4.99 Å². The molecule has 0 aliphatic carbocycles. The molecule has 0 aliphatic rings. The Labute approximate surface area is 95.2 Å². The molecule has 0 amide bonds. The molecule has 0 radical (unpaired) electrons. The molecule has 0 aliphatic heterocycles. The van der Waals surface area contributed by atoms with Crippen LogP contribution in [0.15, 0.2) is 4.99 Å². The van der Waals surface area contributed by atoms with E-state index in [1.807, 2.05) is 0 Å². The Morgan fingerprint density at radius 1 is 1.31 bits per heavy atom. The summed E-state index contributed by atoms with van der Waals surface area (Å²) in [4.78, 5) is 15.1. The summed E-state index contributed by atoms with van der Waals surface area (Å²) in [5.74, 6) is -0.364. The molecule has 16 heavy (non-hydrogen) atoms. The summed E-state index contributed by atoms with van der Waals surface area (Å²) in [5.41, 5.74) is 21.1. The third kappa shape index (κ3) is 8.01. The van der Waals surface area contributed by atoms with Crippen molar-refractivity contribution in [3.63, 3.8) is 0 Å². The normalized spacial score (nSPS) is 11.9. The van der Waals surface area contributed by atoms with Crippen LogP contribution >= 0.6 is 0 Å². The Morgan fingerprint density at radius 2 is 2.00 bits per heavy atom. The molecule has 0 aromatic rings. The molecule has 0 bridgehead atoms. The zero-order valence-electron chi connectivity index (χ0n) is 9.39. The van der Waals surface area contributed by atoms with Gasteiger partial charge in [0, 0.05) is 6.54 Å². The van der Waals surface area contributed by atoms with E-state index in [0.29, 0.717) is 39.0 Å². The van der Waals surface area contributed by atoms with Gasteiger partial charge in [-0.3, -0.25) is 9.79 Å². The summed E-state index contributed by atoms with van der Waals surface area (Å²) in [6.45, 7) is 1.27.